The van der Waals surface area contributed by atoms with Crippen LogP contribution in [0.2, 0.25) is 0 Å². The lowest BCUT2D eigenvalue weighted by Crippen LogP contribution is -2.55. The second kappa shape index (κ2) is 7.51. The van der Waals surface area contributed by atoms with Gasteiger partial charge in [0.05, 0.1) is 11.6 Å². The van der Waals surface area contributed by atoms with E-state index >= 15 is 0 Å². The Balaban J connectivity index is 1.26. The fourth-order valence-electron chi connectivity index (χ4n) is 5.25. The average Bonchev–Trinajstić information content (AvgIpc) is 3.48. The first-order valence-corrected chi connectivity index (χ1v) is 10.9. The Morgan fingerprint density at radius 3 is 2.71 bits per heavy atom. The maximum Gasteiger partial charge on any atom is 0.254 e. The molecule has 6 nitrogen and oxygen atoms in total. The fourth-order valence-corrected chi connectivity index (χ4v) is 5.25. The highest BCUT2D eigenvalue weighted by Crippen LogP contribution is 2.40. The van der Waals surface area contributed by atoms with E-state index < -0.39 is 11.6 Å². The lowest BCUT2D eigenvalue weighted by molar-refractivity contribution is -0.127. The van der Waals surface area contributed by atoms with E-state index in [9.17, 15) is 14.9 Å². The number of nitriles is 1. The van der Waals surface area contributed by atoms with Crippen molar-refractivity contribution in [1.82, 2.24) is 15.5 Å². The van der Waals surface area contributed by atoms with Crippen LogP contribution in [0.4, 0.5) is 0 Å². The number of piperidine rings is 1. The first-order valence-electron chi connectivity index (χ1n) is 10.9. The number of hydrogen-bond acceptors (Lipinski definition) is 4. The van der Waals surface area contributed by atoms with Crippen LogP contribution in [-0.4, -0.2) is 41.9 Å². The molecule has 2 amide bonds. The highest BCUT2D eigenvalue weighted by Gasteiger charge is 2.50. The van der Waals surface area contributed by atoms with E-state index in [1.54, 1.807) is 4.90 Å². The van der Waals surface area contributed by atoms with Crippen LogP contribution in [0, 0.1) is 17.2 Å². The zero-order valence-electron chi connectivity index (χ0n) is 17.6. The van der Waals surface area contributed by atoms with Crippen LogP contribution in [0.3, 0.4) is 0 Å². The third-order valence-electron chi connectivity index (χ3n) is 7.06. The summed E-state index contributed by atoms with van der Waals surface area (Å²) in [4.78, 5) is 26.6. The molecule has 158 valence electrons. The van der Waals surface area contributed by atoms with Gasteiger partial charge in [-0.25, -0.2) is 0 Å². The molecule has 1 aliphatic carbocycles. The van der Waals surface area contributed by atoms with Gasteiger partial charge in [0, 0.05) is 25.6 Å². The maximum absolute atomic E-state index is 12.8. The summed E-state index contributed by atoms with van der Waals surface area (Å²) in [6.45, 7) is 1.54. The Bertz CT molecular complexity index is 1080. The molecule has 0 aromatic heterocycles. The molecule has 1 unspecified atom stereocenters. The highest BCUT2D eigenvalue weighted by molar-refractivity contribution is 5.98. The third-order valence-corrected chi connectivity index (χ3v) is 7.06. The molecular formula is C25H26N4O2. The van der Waals surface area contributed by atoms with E-state index in [1.165, 1.54) is 0 Å². The van der Waals surface area contributed by atoms with Crippen LogP contribution in [0.25, 0.3) is 11.1 Å². The van der Waals surface area contributed by atoms with Crippen molar-refractivity contribution in [3.8, 4) is 17.2 Å². The Morgan fingerprint density at radius 1 is 1.29 bits per heavy atom. The number of fused-ring (bicyclic) bond motifs is 3. The minimum absolute atomic E-state index is 0.0340. The molecule has 0 spiro atoms. The molecule has 2 heterocycles. The minimum Gasteiger partial charge on any atom is -0.338 e. The largest absolute Gasteiger partial charge is 0.338 e. The van der Waals surface area contributed by atoms with Gasteiger partial charge < -0.3 is 15.5 Å². The van der Waals surface area contributed by atoms with E-state index in [4.69, 9.17) is 0 Å². The lowest BCUT2D eigenvalue weighted by Gasteiger charge is -2.27. The predicted molar refractivity (Wildman–Crippen MR) is 117 cm³/mol. The molecule has 3 aliphatic rings. The molecule has 1 saturated heterocycles. The van der Waals surface area contributed by atoms with Crippen molar-refractivity contribution in [3.63, 3.8) is 0 Å². The molecule has 6 heteroatoms. The Hall–Kier alpha value is -3.17. The van der Waals surface area contributed by atoms with Crippen molar-refractivity contribution in [3.05, 3.63) is 59.2 Å². The standard InChI is InChI=1S/C25H26N4O2/c1-29-15-20-11-19(6-7-22(20)23(29)30)18-4-2-16(3-5-18)10-21(13-26)28-24(31)25-9-8-17(12-25)14-27-25/h2-7,11,17,21,27H,8-10,12,14-15H2,1H3,(H,28,31)/t17-,21-,25?/m0/s1. The summed E-state index contributed by atoms with van der Waals surface area (Å²) < 4.78 is 0. The first-order chi connectivity index (χ1) is 15.0. The highest BCUT2D eigenvalue weighted by atomic mass is 16.2. The number of amides is 2. The van der Waals surface area contributed by atoms with Crippen molar-refractivity contribution in [1.29, 1.82) is 5.26 Å². The van der Waals surface area contributed by atoms with Crippen LogP contribution in [-0.2, 0) is 17.8 Å². The Labute approximate surface area is 182 Å². The number of nitrogens with one attached hydrogen (secondary N) is 2. The van der Waals surface area contributed by atoms with Crippen molar-refractivity contribution >= 4 is 11.8 Å². The van der Waals surface area contributed by atoms with E-state index in [0.717, 1.165) is 53.6 Å². The summed E-state index contributed by atoms with van der Waals surface area (Å²) in [7, 11) is 1.81. The van der Waals surface area contributed by atoms with Gasteiger partial charge in [-0.3, -0.25) is 9.59 Å². The zero-order valence-corrected chi connectivity index (χ0v) is 17.6. The Kier molecular flexibility index (Phi) is 4.79. The van der Waals surface area contributed by atoms with Crippen molar-refractivity contribution < 1.29 is 9.59 Å². The first kappa shape index (κ1) is 19.8. The van der Waals surface area contributed by atoms with Gasteiger partial charge in [0.2, 0.25) is 5.91 Å². The van der Waals surface area contributed by atoms with Gasteiger partial charge >= 0.3 is 0 Å². The number of rotatable bonds is 5. The monoisotopic (exact) mass is 414 g/mol. The summed E-state index contributed by atoms with van der Waals surface area (Å²) >= 11 is 0. The summed E-state index contributed by atoms with van der Waals surface area (Å²) in [5.74, 6) is 0.631. The molecule has 2 aliphatic heterocycles. The summed E-state index contributed by atoms with van der Waals surface area (Å²) in [5.41, 5.74) is 4.51. The van der Waals surface area contributed by atoms with Crippen LogP contribution in [0.5, 0.6) is 0 Å². The maximum atomic E-state index is 12.8. The molecule has 2 aromatic rings. The Morgan fingerprint density at radius 2 is 2.06 bits per heavy atom. The topological polar surface area (TPSA) is 85.2 Å². The molecule has 2 N–H and O–H groups in total. The van der Waals surface area contributed by atoms with Crippen LogP contribution in [0.1, 0.15) is 40.7 Å². The zero-order chi connectivity index (χ0) is 21.6. The third kappa shape index (κ3) is 3.49. The summed E-state index contributed by atoms with van der Waals surface area (Å²) in [5, 5.41) is 15.9. The summed E-state index contributed by atoms with van der Waals surface area (Å²) in [6.07, 6.45) is 3.31. The normalized spacial score (nSPS) is 24.7. The minimum atomic E-state index is -0.546. The van der Waals surface area contributed by atoms with Gasteiger partial charge in [-0.15, -0.1) is 0 Å². The lowest BCUT2D eigenvalue weighted by atomic mass is 9.96. The number of nitrogens with zero attached hydrogens (tertiary/aromatic N) is 2. The van der Waals surface area contributed by atoms with Gasteiger partial charge in [-0.2, -0.15) is 5.26 Å². The molecule has 2 bridgehead atoms. The molecule has 5 rings (SSSR count). The molecule has 31 heavy (non-hydrogen) atoms. The van der Waals surface area contributed by atoms with Crippen molar-refractivity contribution in [2.75, 3.05) is 13.6 Å². The summed E-state index contributed by atoms with van der Waals surface area (Å²) in [6, 6.07) is 15.7. The number of hydrogen-bond donors (Lipinski definition) is 2. The van der Waals surface area contributed by atoms with E-state index in [1.807, 2.05) is 43.4 Å². The van der Waals surface area contributed by atoms with Crippen molar-refractivity contribution in [2.24, 2.45) is 5.92 Å². The number of benzene rings is 2. The van der Waals surface area contributed by atoms with Gasteiger partial charge in [-0.1, -0.05) is 30.3 Å². The van der Waals surface area contributed by atoms with Crippen LogP contribution < -0.4 is 10.6 Å². The van der Waals surface area contributed by atoms with Gasteiger partial charge in [-0.05, 0) is 66.1 Å². The van der Waals surface area contributed by atoms with Crippen LogP contribution >= 0.6 is 0 Å². The van der Waals surface area contributed by atoms with E-state index in [2.05, 4.69) is 22.8 Å². The predicted octanol–water partition coefficient (Wildman–Crippen LogP) is 2.63. The van der Waals surface area contributed by atoms with Gasteiger partial charge in [0.15, 0.2) is 0 Å². The molecular weight excluding hydrogens is 388 g/mol. The second-order valence-electron chi connectivity index (χ2n) is 9.16. The number of carbonyl (C=O) groups is 2. The molecule has 2 fully saturated rings. The van der Waals surface area contributed by atoms with Gasteiger partial charge in [0.25, 0.3) is 5.91 Å². The average molecular weight is 415 g/mol. The van der Waals surface area contributed by atoms with Gasteiger partial charge in [0.1, 0.15) is 6.04 Å². The molecule has 2 aromatic carbocycles. The quantitative estimate of drug-likeness (QED) is 0.788. The van der Waals surface area contributed by atoms with E-state index in [0.29, 0.717) is 18.9 Å². The molecule has 0 radical (unpaired) electrons. The fraction of sp³-hybridized carbons (Fsp3) is 0.400. The van der Waals surface area contributed by atoms with Crippen molar-refractivity contribution in [2.45, 2.75) is 43.8 Å². The van der Waals surface area contributed by atoms with Crippen LogP contribution in [0.15, 0.2) is 42.5 Å². The molecule has 1 saturated carbocycles. The molecule has 3 atom stereocenters. The SMILES string of the molecule is CN1Cc2cc(-c3ccc(C[C@@H](C#N)NC(=O)C45CC[C@H](CN4)C5)cc3)ccc2C1=O. The van der Waals surface area contributed by atoms with E-state index in [-0.39, 0.29) is 11.8 Å². The smallest absolute Gasteiger partial charge is 0.254 e. The number of carbonyl (C=O) groups excluding carboxylic acids is 2. The second-order valence-corrected chi connectivity index (χ2v) is 9.16.